The average molecular weight is 425 g/mol. The monoisotopic (exact) mass is 425 g/mol. The number of hydrazone groups is 1. The second kappa shape index (κ2) is 8.14. The fourth-order valence-corrected chi connectivity index (χ4v) is 3.11. The lowest BCUT2D eigenvalue weighted by Gasteiger charge is -2.08. The molecule has 0 atom stereocenters. The topological polar surface area (TPSA) is 59.7 Å². The number of alkyl halides is 3. The molecule has 5 nitrogen and oxygen atoms in total. The van der Waals surface area contributed by atoms with Crippen molar-refractivity contribution in [2.45, 2.75) is 20.2 Å². The number of ether oxygens (including phenoxy) is 1. The highest BCUT2D eigenvalue weighted by Gasteiger charge is 2.31. The van der Waals surface area contributed by atoms with E-state index in [1.807, 2.05) is 44.2 Å². The van der Waals surface area contributed by atoms with Gasteiger partial charge < -0.3 is 9.15 Å². The van der Waals surface area contributed by atoms with Crippen molar-refractivity contribution in [2.24, 2.45) is 5.10 Å². The summed E-state index contributed by atoms with van der Waals surface area (Å²) >= 11 is 0. The summed E-state index contributed by atoms with van der Waals surface area (Å²) in [5.74, 6) is -0.00134. The van der Waals surface area contributed by atoms with E-state index in [9.17, 15) is 13.2 Å². The first-order chi connectivity index (χ1) is 14.8. The molecule has 1 aromatic heterocycles. The van der Waals surface area contributed by atoms with Gasteiger partial charge in [0.05, 0.1) is 11.9 Å². The lowest BCUT2D eigenvalue weighted by molar-refractivity contribution is -0.274. The van der Waals surface area contributed by atoms with Crippen LogP contribution in [0.15, 0.2) is 70.2 Å². The molecule has 3 aromatic carbocycles. The van der Waals surface area contributed by atoms with Gasteiger partial charge in [0.15, 0.2) is 5.58 Å². The van der Waals surface area contributed by atoms with Crippen LogP contribution in [0.5, 0.6) is 5.75 Å². The SMILES string of the molecule is Cc1cccc(C)c1N/N=C/c1ccc2oc(-c3ccc(OC(F)(F)F)cc3)nc2c1. The van der Waals surface area contributed by atoms with E-state index >= 15 is 0 Å². The van der Waals surface area contributed by atoms with Gasteiger partial charge >= 0.3 is 6.36 Å². The van der Waals surface area contributed by atoms with Crippen LogP contribution >= 0.6 is 0 Å². The van der Waals surface area contributed by atoms with Crippen molar-refractivity contribution < 1.29 is 22.3 Å². The van der Waals surface area contributed by atoms with Gasteiger partial charge in [-0.15, -0.1) is 13.2 Å². The van der Waals surface area contributed by atoms with E-state index in [1.165, 1.54) is 24.3 Å². The standard InChI is InChI=1S/C23H18F3N3O2/c1-14-4-3-5-15(2)21(14)29-27-13-16-6-11-20-19(12-16)28-22(30-20)17-7-9-18(10-8-17)31-23(24,25)26/h3-13,29H,1-2H3/b27-13+. The Morgan fingerprint density at radius 1 is 1.00 bits per heavy atom. The third kappa shape index (κ3) is 4.85. The number of aryl methyl sites for hydroxylation is 2. The van der Waals surface area contributed by atoms with Gasteiger partial charge in [-0.3, -0.25) is 5.43 Å². The fraction of sp³-hybridized carbons (Fsp3) is 0.130. The number of hydrogen-bond donors (Lipinski definition) is 1. The quantitative estimate of drug-likeness (QED) is 0.295. The van der Waals surface area contributed by atoms with Crippen molar-refractivity contribution in [1.29, 1.82) is 0 Å². The lowest BCUT2D eigenvalue weighted by atomic mass is 10.1. The molecule has 4 rings (SSSR count). The molecule has 0 amide bonds. The molecule has 31 heavy (non-hydrogen) atoms. The molecule has 158 valence electrons. The molecule has 4 aromatic rings. The molecule has 0 unspecified atom stereocenters. The maximum absolute atomic E-state index is 12.3. The van der Waals surface area contributed by atoms with Crippen molar-refractivity contribution in [1.82, 2.24) is 4.98 Å². The number of aromatic nitrogens is 1. The van der Waals surface area contributed by atoms with Crippen LogP contribution in [-0.4, -0.2) is 17.6 Å². The van der Waals surface area contributed by atoms with Crippen LogP contribution in [0.1, 0.15) is 16.7 Å². The number of nitrogens with zero attached hydrogens (tertiary/aromatic N) is 2. The highest BCUT2D eigenvalue weighted by atomic mass is 19.4. The second-order valence-electron chi connectivity index (χ2n) is 6.96. The first-order valence-corrected chi connectivity index (χ1v) is 9.40. The molecule has 8 heteroatoms. The Balaban J connectivity index is 1.52. The predicted octanol–water partition coefficient (Wildman–Crippen LogP) is 6.46. The van der Waals surface area contributed by atoms with Crippen LogP contribution in [0, 0.1) is 13.8 Å². The van der Waals surface area contributed by atoms with E-state index in [0.717, 1.165) is 22.4 Å². The van der Waals surface area contributed by atoms with Crippen LogP contribution in [0.25, 0.3) is 22.6 Å². The van der Waals surface area contributed by atoms with E-state index in [2.05, 4.69) is 20.2 Å². The number of anilines is 1. The summed E-state index contributed by atoms with van der Waals surface area (Å²) in [4.78, 5) is 4.43. The zero-order valence-electron chi connectivity index (χ0n) is 16.7. The second-order valence-corrected chi connectivity index (χ2v) is 6.96. The zero-order valence-corrected chi connectivity index (χ0v) is 16.7. The van der Waals surface area contributed by atoms with Gasteiger partial charge in [-0.25, -0.2) is 4.98 Å². The first kappa shape index (κ1) is 20.5. The first-order valence-electron chi connectivity index (χ1n) is 9.40. The Bertz CT molecular complexity index is 1230. The smallest absolute Gasteiger partial charge is 0.436 e. The number of rotatable bonds is 5. The lowest BCUT2D eigenvalue weighted by Crippen LogP contribution is -2.16. The van der Waals surface area contributed by atoms with Crippen LogP contribution in [0.4, 0.5) is 18.9 Å². The van der Waals surface area contributed by atoms with Gasteiger partial charge in [0.25, 0.3) is 0 Å². The molecular weight excluding hydrogens is 407 g/mol. The van der Waals surface area contributed by atoms with Crippen molar-refractivity contribution in [3.8, 4) is 17.2 Å². The predicted molar refractivity (Wildman–Crippen MR) is 113 cm³/mol. The summed E-state index contributed by atoms with van der Waals surface area (Å²) in [5, 5.41) is 4.31. The largest absolute Gasteiger partial charge is 0.573 e. The van der Waals surface area contributed by atoms with Crippen molar-refractivity contribution in [3.05, 3.63) is 77.4 Å². The van der Waals surface area contributed by atoms with E-state index in [0.29, 0.717) is 22.6 Å². The molecule has 0 saturated carbocycles. The Morgan fingerprint density at radius 3 is 2.39 bits per heavy atom. The Kier molecular flexibility index (Phi) is 5.37. The van der Waals surface area contributed by atoms with E-state index < -0.39 is 6.36 Å². The number of benzene rings is 3. The van der Waals surface area contributed by atoms with Gasteiger partial charge in [0.1, 0.15) is 11.3 Å². The van der Waals surface area contributed by atoms with E-state index in [4.69, 9.17) is 4.42 Å². The number of nitrogens with one attached hydrogen (secondary N) is 1. The molecular formula is C23H18F3N3O2. The van der Waals surface area contributed by atoms with Crippen molar-refractivity contribution >= 4 is 23.0 Å². The molecule has 0 fully saturated rings. The summed E-state index contributed by atoms with van der Waals surface area (Å²) in [6.07, 6.45) is -3.05. The number of oxazole rings is 1. The van der Waals surface area contributed by atoms with Crippen molar-refractivity contribution in [2.75, 3.05) is 5.43 Å². The van der Waals surface area contributed by atoms with Gasteiger partial charge in [0, 0.05) is 5.56 Å². The number of hydrogen-bond acceptors (Lipinski definition) is 5. The molecule has 0 saturated heterocycles. The minimum absolute atomic E-state index is 0.302. The average Bonchev–Trinajstić information content (AvgIpc) is 3.13. The van der Waals surface area contributed by atoms with Crippen molar-refractivity contribution in [3.63, 3.8) is 0 Å². The minimum atomic E-state index is -4.73. The summed E-state index contributed by atoms with van der Waals surface area (Å²) in [7, 11) is 0. The maximum Gasteiger partial charge on any atom is 0.573 e. The van der Waals surface area contributed by atoms with Crippen LogP contribution in [-0.2, 0) is 0 Å². The van der Waals surface area contributed by atoms with Gasteiger partial charge in [-0.05, 0) is 73.0 Å². The molecule has 1 N–H and O–H groups in total. The van der Waals surface area contributed by atoms with E-state index in [-0.39, 0.29) is 5.75 Å². The Hall–Kier alpha value is -3.81. The van der Waals surface area contributed by atoms with Crippen LogP contribution in [0.2, 0.25) is 0 Å². The molecule has 0 bridgehead atoms. The Labute approximate surface area is 176 Å². The minimum Gasteiger partial charge on any atom is -0.436 e. The van der Waals surface area contributed by atoms with Gasteiger partial charge in [0.2, 0.25) is 5.89 Å². The normalized spacial score (nSPS) is 11.9. The zero-order chi connectivity index (χ0) is 22.0. The molecule has 1 heterocycles. The third-order valence-corrected chi connectivity index (χ3v) is 4.62. The number of halogens is 3. The highest BCUT2D eigenvalue weighted by Crippen LogP contribution is 2.28. The molecule has 0 aliphatic carbocycles. The van der Waals surface area contributed by atoms with Gasteiger partial charge in [-0.2, -0.15) is 5.10 Å². The molecule has 0 aliphatic rings. The summed E-state index contributed by atoms with van der Waals surface area (Å²) in [5.41, 5.74) is 8.75. The fourth-order valence-electron chi connectivity index (χ4n) is 3.11. The van der Waals surface area contributed by atoms with Gasteiger partial charge in [-0.1, -0.05) is 18.2 Å². The van der Waals surface area contributed by atoms with E-state index in [1.54, 1.807) is 12.3 Å². The molecule has 0 radical (unpaired) electrons. The molecule has 0 aliphatic heterocycles. The maximum atomic E-state index is 12.3. The highest BCUT2D eigenvalue weighted by molar-refractivity contribution is 5.87. The number of para-hydroxylation sites is 1. The summed E-state index contributed by atoms with van der Waals surface area (Å²) < 4.78 is 46.5. The third-order valence-electron chi connectivity index (χ3n) is 4.62. The van der Waals surface area contributed by atoms with Crippen LogP contribution < -0.4 is 10.2 Å². The number of fused-ring (bicyclic) bond motifs is 1. The summed E-state index contributed by atoms with van der Waals surface area (Å²) in [6, 6.07) is 16.8. The summed E-state index contributed by atoms with van der Waals surface area (Å²) in [6.45, 7) is 4.02. The van der Waals surface area contributed by atoms with Crippen LogP contribution in [0.3, 0.4) is 0 Å². The molecule has 0 spiro atoms. The Morgan fingerprint density at radius 2 is 1.71 bits per heavy atom.